The van der Waals surface area contributed by atoms with Crippen molar-refractivity contribution in [2.45, 2.75) is 20.3 Å². The molecule has 0 aromatic carbocycles. The molecule has 4 nitrogen and oxygen atoms in total. The van der Waals surface area contributed by atoms with Crippen LogP contribution in [0.2, 0.25) is 0 Å². The molecule has 0 heterocycles. The van der Waals surface area contributed by atoms with E-state index in [0.29, 0.717) is 13.2 Å². The number of carbonyl (C=O) groups is 1. The third kappa shape index (κ3) is 6.86. The highest BCUT2D eigenvalue weighted by Crippen LogP contribution is 1.90. The van der Waals surface area contributed by atoms with E-state index in [4.69, 9.17) is 4.74 Å². The van der Waals surface area contributed by atoms with Crippen molar-refractivity contribution in [2.75, 3.05) is 40.0 Å². The average Bonchev–Trinajstić information content (AvgIpc) is 2.22. The summed E-state index contributed by atoms with van der Waals surface area (Å²) >= 11 is 0. The van der Waals surface area contributed by atoms with Gasteiger partial charge in [-0.1, -0.05) is 13.8 Å². The summed E-state index contributed by atoms with van der Waals surface area (Å²) in [5, 5.41) is 0. The summed E-state index contributed by atoms with van der Waals surface area (Å²) in [6, 6.07) is 0. The molecule has 0 unspecified atom stereocenters. The van der Waals surface area contributed by atoms with Gasteiger partial charge in [-0.05, 0) is 13.0 Å². The number of methoxy groups -OCH3 is 1. The normalized spacial score (nSPS) is 10.6. The zero-order valence-corrected chi connectivity index (χ0v) is 9.41. The molecule has 0 atom stereocenters. The largest absolute Gasteiger partial charge is 0.468 e. The topological polar surface area (TPSA) is 38.8 Å². The van der Waals surface area contributed by atoms with Gasteiger partial charge in [-0.25, -0.2) is 0 Å². The summed E-state index contributed by atoms with van der Waals surface area (Å²) in [6.45, 7) is 7.53. The number of likely N-dealkylation sites (N-methyl/N-ethyl adjacent to an activating group) is 1. The van der Waals surface area contributed by atoms with Crippen LogP contribution in [-0.4, -0.2) is 50.8 Å². The second kappa shape index (κ2) is 8.97. The molecule has 0 aliphatic carbocycles. The first-order valence-corrected chi connectivity index (χ1v) is 5.11. The van der Waals surface area contributed by atoms with Crippen molar-refractivity contribution in [3.63, 3.8) is 0 Å². The van der Waals surface area contributed by atoms with Gasteiger partial charge in [0.2, 0.25) is 0 Å². The highest BCUT2D eigenvalue weighted by Gasteiger charge is 2.07. The van der Waals surface area contributed by atoms with E-state index in [1.807, 2.05) is 11.8 Å². The number of carbonyl (C=O) groups excluding carboxylic acids is 1. The molecule has 0 aliphatic heterocycles. The molecule has 0 bridgehead atoms. The van der Waals surface area contributed by atoms with Crippen LogP contribution < -0.4 is 0 Å². The Kier molecular flexibility index (Phi) is 8.57. The average molecular weight is 203 g/mol. The van der Waals surface area contributed by atoms with Gasteiger partial charge in [0, 0.05) is 13.2 Å². The van der Waals surface area contributed by atoms with Gasteiger partial charge in [0.05, 0.1) is 20.3 Å². The van der Waals surface area contributed by atoms with Crippen molar-refractivity contribution in [1.82, 2.24) is 4.90 Å². The zero-order valence-electron chi connectivity index (χ0n) is 9.41. The Labute approximate surface area is 86.2 Å². The molecule has 0 saturated heterocycles. The lowest BCUT2D eigenvalue weighted by atomic mass is 10.4. The first-order valence-electron chi connectivity index (χ1n) is 5.11. The van der Waals surface area contributed by atoms with Crippen LogP contribution in [0.5, 0.6) is 0 Å². The Bertz CT molecular complexity index is 150. The predicted molar refractivity (Wildman–Crippen MR) is 55.2 cm³/mol. The SMILES string of the molecule is CCCOCCN(CC)CC(=O)OC. The summed E-state index contributed by atoms with van der Waals surface area (Å²) in [5.41, 5.74) is 0. The minimum absolute atomic E-state index is 0.192. The van der Waals surface area contributed by atoms with Gasteiger partial charge in [0.15, 0.2) is 0 Å². The molecule has 0 saturated carbocycles. The Morgan fingerprint density at radius 3 is 2.50 bits per heavy atom. The summed E-state index contributed by atoms with van der Waals surface area (Å²) < 4.78 is 9.93. The van der Waals surface area contributed by atoms with Crippen LogP contribution in [0.15, 0.2) is 0 Å². The van der Waals surface area contributed by atoms with E-state index >= 15 is 0 Å². The molecule has 0 amide bonds. The van der Waals surface area contributed by atoms with Crippen molar-refractivity contribution < 1.29 is 14.3 Å². The van der Waals surface area contributed by atoms with Crippen LogP contribution in [0.4, 0.5) is 0 Å². The van der Waals surface area contributed by atoms with Crippen LogP contribution in [0, 0.1) is 0 Å². The van der Waals surface area contributed by atoms with Crippen LogP contribution in [0.1, 0.15) is 20.3 Å². The molecule has 0 aliphatic rings. The van der Waals surface area contributed by atoms with Gasteiger partial charge in [0.25, 0.3) is 0 Å². The number of ether oxygens (including phenoxy) is 2. The quantitative estimate of drug-likeness (QED) is 0.434. The summed E-state index contributed by atoms with van der Waals surface area (Å²) in [5.74, 6) is -0.192. The molecule has 0 radical (unpaired) electrons. The molecule has 0 aromatic heterocycles. The van der Waals surface area contributed by atoms with Crippen LogP contribution in [-0.2, 0) is 14.3 Å². The number of hydrogen-bond donors (Lipinski definition) is 0. The van der Waals surface area contributed by atoms with Crippen LogP contribution >= 0.6 is 0 Å². The number of nitrogens with zero attached hydrogens (tertiary/aromatic N) is 1. The molecular weight excluding hydrogens is 182 g/mol. The number of esters is 1. The standard InChI is InChI=1S/C10H21NO3/c1-4-7-14-8-6-11(5-2)9-10(12)13-3/h4-9H2,1-3H3. The molecule has 0 rings (SSSR count). The fourth-order valence-electron chi connectivity index (χ4n) is 1.04. The zero-order chi connectivity index (χ0) is 10.8. The molecule has 0 aromatic rings. The minimum atomic E-state index is -0.192. The molecule has 0 N–H and O–H groups in total. The fraction of sp³-hybridized carbons (Fsp3) is 0.900. The lowest BCUT2D eigenvalue weighted by molar-refractivity contribution is -0.142. The summed E-state index contributed by atoms with van der Waals surface area (Å²) in [7, 11) is 1.41. The highest BCUT2D eigenvalue weighted by molar-refractivity contribution is 5.71. The second-order valence-electron chi connectivity index (χ2n) is 3.06. The number of rotatable bonds is 8. The van der Waals surface area contributed by atoms with E-state index in [9.17, 15) is 4.79 Å². The maximum atomic E-state index is 11.0. The fourth-order valence-corrected chi connectivity index (χ4v) is 1.04. The third-order valence-corrected chi connectivity index (χ3v) is 1.93. The van der Waals surface area contributed by atoms with Crippen molar-refractivity contribution in [3.05, 3.63) is 0 Å². The van der Waals surface area contributed by atoms with Crippen LogP contribution in [0.25, 0.3) is 0 Å². The molecule has 0 fully saturated rings. The Balaban J connectivity index is 3.52. The maximum absolute atomic E-state index is 11.0. The predicted octanol–water partition coefficient (Wildman–Crippen LogP) is 0.908. The smallest absolute Gasteiger partial charge is 0.319 e. The van der Waals surface area contributed by atoms with Crippen molar-refractivity contribution in [3.8, 4) is 0 Å². The molecule has 4 heteroatoms. The van der Waals surface area contributed by atoms with Gasteiger partial charge in [-0.3, -0.25) is 9.69 Å². The Hall–Kier alpha value is -0.610. The van der Waals surface area contributed by atoms with Crippen LogP contribution in [0.3, 0.4) is 0 Å². The van der Waals surface area contributed by atoms with Gasteiger partial charge in [-0.15, -0.1) is 0 Å². The van der Waals surface area contributed by atoms with E-state index in [0.717, 1.165) is 26.1 Å². The Morgan fingerprint density at radius 2 is 2.00 bits per heavy atom. The molecule has 14 heavy (non-hydrogen) atoms. The van der Waals surface area contributed by atoms with Gasteiger partial charge in [0.1, 0.15) is 0 Å². The van der Waals surface area contributed by atoms with E-state index in [2.05, 4.69) is 11.7 Å². The maximum Gasteiger partial charge on any atom is 0.319 e. The summed E-state index contributed by atoms with van der Waals surface area (Å²) in [4.78, 5) is 13.0. The molecule has 84 valence electrons. The second-order valence-corrected chi connectivity index (χ2v) is 3.06. The van der Waals surface area contributed by atoms with E-state index in [1.165, 1.54) is 7.11 Å². The Morgan fingerprint density at radius 1 is 1.29 bits per heavy atom. The van der Waals surface area contributed by atoms with E-state index in [1.54, 1.807) is 0 Å². The van der Waals surface area contributed by atoms with Crippen molar-refractivity contribution >= 4 is 5.97 Å². The molecule has 0 spiro atoms. The third-order valence-electron chi connectivity index (χ3n) is 1.93. The van der Waals surface area contributed by atoms with Gasteiger partial charge in [-0.2, -0.15) is 0 Å². The highest BCUT2D eigenvalue weighted by atomic mass is 16.5. The monoisotopic (exact) mass is 203 g/mol. The van der Waals surface area contributed by atoms with Crippen molar-refractivity contribution in [1.29, 1.82) is 0 Å². The van der Waals surface area contributed by atoms with Crippen molar-refractivity contribution in [2.24, 2.45) is 0 Å². The van der Waals surface area contributed by atoms with Gasteiger partial charge >= 0.3 is 5.97 Å². The minimum Gasteiger partial charge on any atom is -0.468 e. The lowest BCUT2D eigenvalue weighted by Gasteiger charge is -2.18. The van der Waals surface area contributed by atoms with E-state index in [-0.39, 0.29) is 5.97 Å². The first kappa shape index (κ1) is 13.4. The van der Waals surface area contributed by atoms with Gasteiger partial charge < -0.3 is 9.47 Å². The number of hydrogen-bond acceptors (Lipinski definition) is 4. The molecular formula is C10H21NO3. The summed E-state index contributed by atoms with van der Waals surface area (Å²) in [6.07, 6.45) is 1.03. The van der Waals surface area contributed by atoms with E-state index < -0.39 is 0 Å². The first-order chi connectivity index (χ1) is 6.74. The lowest BCUT2D eigenvalue weighted by Crippen LogP contribution is -2.33.